The summed E-state index contributed by atoms with van der Waals surface area (Å²) in [5, 5.41) is 4.20. The topological polar surface area (TPSA) is 51.2 Å². The summed E-state index contributed by atoms with van der Waals surface area (Å²) in [4.78, 5) is 17.9. The molecule has 1 N–H and O–H groups in total. The lowest BCUT2D eigenvalue weighted by molar-refractivity contribution is 0.0933. The average Bonchev–Trinajstić information content (AvgIpc) is 3.13. The monoisotopic (exact) mass is 328 g/mol. The van der Waals surface area contributed by atoms with E-state index in [-0.39, 0.29) is 11.9 Å². The molecule has 1 aliphatic heterocycles. The molecule has 1 aromatic heterocycles. The summed E-state index contributed by atoms with van der Waals surface area (Å²) in [6.07, 6.45) is 3.62. The predicted octanol–water partition coefficient (Wildman–Crippen LogP) is 3.58. The van der Waals surface area contributed by atoms with Crippen LogP contribution in [0.15, 0.2) is 18.2 Å². The largest absolute Gasteiger partial charge is 0.491 e. The van der Waals surface area contributed by atoms with Crippen LogP contribution in [0.3, 0.4) is 0 Å². The van der Waals surface area contributed by atoms with Crippen molar-refractivity contribution < 1.29 is 9.53 Å². The van der Waals surface area contributed by atoms with Crippen molar-refractivity contribution in [3.8, 4) is 5.75 Å². The minimum Gasteiger partial charge on any atom is -0.491 e. The van der Waals surface area contributed by atoms with Gasteiger partial charge in [-0.3, -0.25) is 4.79 Å². The lowest BCUT2D eigenvalue weighted by atomic mass is 10.1. The second-order valence-electron chi connectivity index (χ2n) is 6.55. The summed E-state index contributed by atoms with van der Waals surface area (Å²) in [6.45, 7) is 4.47. The summed E-state index contributed by atoms with van der Waals surface area (Å²) in [7, 11) is 0. The Bertz CT molecular complexity index is 764. The predicted molar refractivity (Wildman–Crippen MR) is 90.2 cm³/mol. The van der Waals surface area contributed by atoms with E-state index in [1.807, 2.05) is 19.1 Å². The number of amides is 1. The number of aromatic nitrogens is 1. The van der Waals surface area contributed by atoms with E-state index in [1.54, 1.807) is 0 Å². The number of hydrogen-bond donors (Lipinski definition) is 1. The highest BCUT2D eigenvalue weighted by molar-refractivity contribution is 7.13. The highest BCUT2D eigenvalue weighted by atomic mass is 32.1. The Balaban J connectivity index is 1.50. The first kappa shape index (κ1) is 14.7. The van der Waals surface area contributed by atoms with Gasteiger partial charge in [-0.25, -0.2) is 4.98 Å². The zero-order chi connectivity index (χ0) is 16.0. The van der Waals surface area contributed by atoms with Crippen LogP contribution in [0, 0.1) is 19.8 Å². The van der Waals surface area contributed by atoms with Crippen LogP contribution in [0.2, 0.25) is 0 Å². The molecular formula is C18H20N2O2S. The molecule has 2 aromatic rings. The number of fused-ring (bicyclic) bond motifs is 1. The Labute approximate surface area is 139 Å². The zero-order valence-electron chi connectivity index (χ0n) is 13.4. The summed E-state index contributed by atoms with van der Waals surface area (Å²) >= 11 is 1.54. The first-order valence-electron chi connectivity index (χ1n) is 8.10. The Morgan fingerprint density at radius 3 is 3.00 bits per heavy atom. The molecule has 23 heavy (non-hydrogen) atoms. The SMILES string of the molecule is Cc1ccc2c(c1)C(NC(=O)c1sc(CC3CC3)nc1C)CO2. The molecule has 2 heterocycles. The third kappa shape index (κ3) is 2.98. The van der Waals surface area contributed by atoms with Crippen molar-refractivity contribution in [2.45, 2.75) is 39.2 Å². The van der Waals surface area contributed by atoms with E-state index >= 15 is 0 Å². The molecule has 1 atom stereocenters. The van der Waals surface area contributed by atoms with E-state index in [2.05, 4.69) is 23.3 Å². The van der Waals surface area contributed by atoms with Crippen LogP contribution in [0.5, 0.6) is 5.75 Å². The van der Waals surface area contributed by atoms with Gasteiger partial charge in [0.05, 0.1) is 16.7 Å². The van der Waals surface area contributed by atoms with Gasteiger partial charge >= 0.3 is 0 Å². The molecule has 0 spiro atoms. The molecule has 1 saturated carbocycles. The van der Waals surface area contributed by atoms with Crippen molar-refractivity contribution in [2.24, 2.45) is 5.92 Å². The Kier molecular flexibility index (Phi) is 3.60. The van der Waals surface area contributed by atoms with E-state index in [0.29, 0.717) is 6.61 Å². The first-order chi connectivity index (χ1) is 11.1. The van der Waals surface area contributed by atoms with Gasteiger partial charge in [0, 0.05) is 12.0 Å². The van der Waals surface area contributed by atoms with Gasteiger partial charge in [0.2, 0.25) is 0 Å². The number of carbonyl (C=O) groups is 1. The maximum Gasteiger partial charge on any atom is 0.263 e. The summed E-state index contributed by atoms with van der Waals surface area (Å²) in [5.41, 5.74) is 3.08. The summed E-state index contributed by atoms with van der Waals surface area (Å²) < 4.78 is 5.67. The highest BCUT2D eigenvalue weighted by Crippen LogP contribution is 2.35. The van der Waals surface area contributed by atoms with Crippen molar-refractivity contribution in [2.75, 3.05) is 6.61 Å². The highest BCUT2D eigenvalue weighted by Gasteiger charge is 2.28. The molecular weight excluding hydrogens is 308 g/mol. The minimum atomic E-state index is -0.0780. The normalized spacial score (nSPS) is 19.3. The second-order valence-corrected chi connectivity index (χ2v) is 7.63. The van der Waals surface area contributed by atoms with Crippen LogP contribution >= 0.6 is 11.3 Å². The number of hydrogen-bond acceptors (Lipinski definition) is 4. The molecule has 0 radical (unpaired) electrons. The molecule has 1 fully saturated rings. The van der Waals surface area contributed by atoms with Crippen molar-refractivity contribution in [1.29, 1.82) is 0 Å². The zero-order valence-corrected chi connectivity index (χ0v) is 14.2. The van der Waals surface area contributed by atoms with Gasteiger partial charge in [-0.15, -0.1) is 11.3 Å². The smallest absolute Gasteiger partial charge is 0.263 e. The number of thiazole rings is 1. The van der Waals surface area contributed by atoms with Gasteiger partial charge in [-0.1, -0.05) is 17.7 Å². The third-order valence-corrected chi connectivity index (χ3v) is 5.64. The van der Waals surface area contributed by atoms with Gasteiger partial charge in [-0.05, 0) is 38.7 Å². The minimum absolute atomic E-state index is 0.0370. The number of rotatable bonds is 4. The lowest BCUT2D eigenvalue weighted by Crippen LogP contribution is -2.29. The van der Waals surface area contributed by atoms with Gasteiger partial charge in [0.15, 0.2) is 0 Å². The molecule has 4 nitrogen and oxygen atoms in total. The maximum absolute atomic E-state index is 12.6. The molecule has 5 heteroatoms. The van der Waals surface area contributed by atoms with Crippen LogP contribution in [0.25, 0.3) is 0 Å². The molecule has 0 bridgehead atoms. The molecule has 2 aliphatic rings. The van der Waals surface area contributed by atoms with E-state index in [4.69, 9.17) is 4.74 Å². The molecule has 1 aliphatic carbocycles. The second kappa shape index (κ2) is 5.64. The third-order valence-electron chi connectivity index (χ3n) is 4.46. The van der Waals surface area contributed by atoms with Crippen molar-refractivity contribution in [3.63, 3.8) is 0 Å². The van der Waals surface area contributed by atoms with Gasteiger partial charge < -0.3 is 10.1 Å². The molecule has 1 unspecified atom stereocenters. The van der Waals surface area contributed by atoms with E-state index in [0.717, 1.165) is 39.2 Å². The quantitative estimate of drug-likeness (QED) is 0.933. The van der Waals surface area contributed by atoms with Crippen LogP contribution < -0.4 is 10.1 Å². The first-order valence-corrected chi connectivity index (χ1v) is 8.92. The molecule has 1 amide bonds. The number of nitrogens with zero attached hydrogens (tertiary/aromatic N) is 1. The molecule has 0 saturated heterocycles. The van der Waals surface area contributed by atoms with Gasteiger partial charge in [0.25, 0.3) is 5.91 Å². The average molecular weight is 328 g/mol. The fourth-order valence-electron chi connectivity index (χ4n) is 3.00. The molecule has 1 aromatic carbocycles. The molecule has 4 rings (SSSR count). The standard InChI is InChI=1S/C18H20N2O2S/c1-10-3-6-15-13(7-10)14(9-22-15)20-18(21)17-11(2)19-16(23-17)8-12-4-5-12/h3,6-7,12,14H,4-5,8-9H2,1-2H3,(H,20,21). The van der Waals surface area contributed by atoms with Crippen LogP contribution in [-0.4, -0.2) is 17.5 Å². The lowest BCUT2D eigenvalue weighted by Gasteiger charge is -2.11. The maximum atomic E-state index is 12.6. The van der Waals surface area contributed by atoms with E-state index < -0.39 is 0 Å². The van der Waals surface area contributed by atoms with Crippen molar-refractivity contribution >= 4 is 17.2 Å². The summed E-state index contributed by atoms with van der Waals surface area (Å²) in [6, 6.07) is 6.01. The van der Waals surface area contributed by atoms with E-state index in [1.165, 1.54) is 29.7 Å². The van der Waals surface area contributed by atoms with Gasteiger partial charge in [0.1, 0.15) is 17.2 Å². The number of ether oxygens (including phenoxy) is 1. The van der Waals surface area contributed by atoms with Crippen molar-refractivity contribution in [3.05, 3.63) is 44.9 Å². The van der Waals surface area contributed by atoms with Gasteiger partial charge in [-0.2, -0.15) is 0 Å². The Morgan fingerprint density at radius 2 is 2.22 bits per heavy atom. The molecule has 120 valence electrons. The van der Waals surface area contributed by atoms with Crippen molar-refractivity contribution in [1.82, 2.24) is 10.3 Å². The number of carbonyl (C=O) groups excluding carboxylic acids is 1. The van der Waals surface area contributed by atoms with Crippen LogP contribution in [-0.2, 0) is 6.42 Å². The Morgan fingerprint density at radius 1 is 1.39 bits per heavy atom. The number of nitrogens with one attached hydrogen (secondary N) is 1. The fraction of sp³-hybridized carbons (Fsp3) is 0.444. The number of benzene rings is 1. The van der Waals surface area contributed by atoms with Crippen LogP contribution in [0.4, 0.5) is 0 Å². The fourth-order valence-corrected chi connectivity index (χ4v) is 4.08. The number of aryl methyl sites for hydroxylation is 2. The van der Waals surface area contributed by atoms with E-state index in [9.17, 15) is 4.79 Å². The Hall–Kier alpha value is -1.88. The van der Waals surface area contributed by atoms with Crippen LogP contribution in [0.1, 0.15) is 50.4 Å². The summed E-state index contributed by atoms with van der Waals surface area (Å²) in [5.74, 6) is 1.62.